The molecule has 0 unspecified atom stereocenters. The molecular formula is C19H21F4N3O. The number of hydrogen-bond acceptors (Lipinski definition) is 3. The van der Waals surface area contributed by atoms with Gasteiger partial charge in [-0.15, -0.1) is 13.2 Å². The predicted molar refractivity (Wildman–Crippen MR) is 99.7 cm³/mol. The number of aryl methyl sites for hydroxylation is 1. The standard InChI is InChI=1S/C17H15F4N3O.C2H6/c1-10-8-11(9-13(15(10)18)16(22-2)24-23-3)12-6-4-5-7-14(12)25-17(19,20)21;1-2/h4-9,23H,2H2,1,3H3;1-2H3/b24-16-;. The van der Waals surface area contributed by atoms with Crippen LogP contribution in [0.25, 0.3) is 11.1 Å². The van der Waals surface area contributed by atoms with Crippen LogP contribution in [0.5, 0.6) is 5.75 Å². The monoisotopic (exact) mass is 383 g/mol. The number of benzene rings is 2. The number of para-hydroxylation sites is 1. The Balaban J connectivity index is 0.00000176. The Labute approximate surface area is 155 Å². The molecule has 0 atom stereocenters. The summed E-state index contributed by atoms with van der Waals surface area (Å²) in [7, 11) is 1.51. The second-order valence-corrected chi connectivity index (χ2v) is 5.02. The Bertz CT molecular complexity index is 817. The summed E-state index contributed by atoms with van der Waals surface area (Å²) in [5.41, 5.74) is 3.22. The first-order chi connectivity index (χ1) is 12.8. The van der Waals surface area contributed by atoms with Crippen molar-refractivity contribution in [3.05, 3.63) is 53.3 Å². The third-order valence-corrected chi connectivity index (χ3v) is 3.29. The lowest BCUT2D eigenvalue weighted by Crippen LogP contribution is -2.17. The molecule has 0 aliphatic carbocycles. The van der Waals surface area contributed by atoms with Crippen LogP contribution in [-0.2, 0) is 0 Å². The molecule has 4 nitrogen and oxygen atoms in total. The molecule has 0 amide bonds. The highest BCUT2D eigenvalue weighted by Gasteiger charge is 2.32. The minimum Gasteiger partial charge on any atom is -0.405 e. The smallest absolute Gasteiger partial charge is 0.405 e. The molecule has 2 aromatic carbocycles. The van der Waals surface area contributed by atoms with Crippen LogP contribution in [0.3, 0.4) is 0 Å². The third kappa shape index (κ3) is 5.80. The van der Waals surface area contributed by atoms with Crippen LogP contribution in [0, 0.1) is 12.7 Å². The van der Waals surface area contributed by atoms with E-state index in [1.54, 1.807) is 6.07 Å². The average molecular weight is 383 g/mol. The van der Waals surface area contributed by atoms with E-state index in [2.05, 4.69) is 27.0 Å². The van der Waals surface area contributed by atoms with Gasteiger partial charge in [0.05, 0.1) is 5.56 Å². The first kappa shape index (κ1) is 22.1. The normalized spacial score (nSPS) is 11.3. The summed E-state index contributed by atoms with van der Waals surface area (Å²) in [4.78, 5) is 3.65. The maximum Gasteiger partial charge on any atom is 0.573 e. The lowest BCUT2D eigenvalue weighted by atomic mass is 9.98. The van der Waals surface area contributed by atoms with Crippen molar-refractivity contribution in [2.24, 2.45) is 10.1 Å². The SMILES string of the molecule is C=N/C(=N\NC)c1cc(-c2ccccc2OC(F)(F)F)cc(C)c1F.CC. The van der Waals surface area contributed by atoms with E-state index in [0.717, 1.165) is 0 Å². The molecule has 0 heterocycles. The number of halogens is 4. The van der Waals surface area contributed by atoms with Gasteiger partial charge in [0.25, 0.3) is 0 Å². The topological polar surface area (TPSA) is 46.0 Å². The molecule has 2 rings (SSSR count). The number of amidine groups is 1. The van der Waals surface area contributed by atoms with Crippen LogP contribution in [-0.4, -0.2) is 26.0 Å². The molecule has 0 aliphatic heterocycles. The van der Waals surface area contributed by atoms with Crippen molar-refractivity contribution in [2.75, 3.05) is 7.05 Å². The first-order valence-corrected chi connectivity index (χ1v) is 8.13. The van der Waals surface area contributed by atoms with Crippen molar-refractivity contribution in [2.45, 2.75) is 27.1 Å². The van der Waals surface area contributed by atoms with Crippen LogP contribution >= 0.6 is 0 Å². The van der Waals surface area contributed by atoms with Crippen LogP contribution in [0.2, 0.25) is 0 Å². The molecule has 2 aromatic rings. The summed E-state index contributed by atoms with van der Waals surface area (Å²) in [6.45, 7) is 8.83. The fraction of sp³-hybridized carbons (Fsp3) is 0.263. The molecular weight excluding hydrogens is 362 g/mol. The van der Waals surface area contributed by atoms with Crippen molar-refractivity contribution < 1.29 is 22.3 Å². The molecule has 0 fully saturated rings. The average Bonchev–Trinajstić information content (AvgIpc) is 2.63. The van der Waals surface area contributed by atoms with E-state index in [0.29, 0.717) is 5.56 Å². The summed E-state index contributed by atoms with van der Waals surface area (Å²) in [6, 6.07) is 8.40. The van der Waals surface area contributed by atoms with Crippen LogP contribution in [0.1, 0.15) is 25.0 Å². The molecule has 0 radical (unpaired) electrons. The lowest BCUT2D eigenvalue weighted by Gasteiger charge is -2.15. The second-order valence-electron chi connectivity index (χ2n) is 5.02. The van der Waals surface area contributed by atoms with Gasteiger partial charge in [-0.25, -0.2) is 9.38 Å². The Morgan fingerprint density at radius 1 is 1.15 bits per heavy atom. The van der Waals surface area contributed by atoms with Crippen molar-refractivity contribution in [1.29, 1.82) is 0 Å². The molecule has 0 saturated carbocycles. The van der Waals surface area contributed by atoms with Gasteiger partial charge in [0.15, 0.2) is 5.84 Å². The van der Waals surface area contributed by atoms with Gasteiger partial charge < -0.3 is 10.2 Å². The second kappa shape index (κ2) is 9.70. The molecule has 146 valence electrons. The molecule has 0 bridgehead atoms. The number of aliphatic imine (C=N–C) groups is 1. The zero-order valence-electron chi connectivity index (χ0n) is 15.5. The molecule has 0 aromatic heterocycles. The van der Waals surface area contributed by atoms with E-state index in [4.69, 9.17) is 0 Å². The van der Waals surface area contributed by atoms with Crippen molar-refractivity contribution >= 4 is 12.6 Å². The van der Waals surface area contributed by atoms with Gasteiger partial charge in [-0.1, -0.05) is 32.0 Å². The van der Waals surface area contributed by atoms with Gasteiger partial charge in [0.1, 0.15) is 11.6 Å². The largest absolute Gasteiger partial charge is 0.573 e. The molecule has 8 heteroatoms. The van der Waals surface area contributed by atoms with E-state index in [-0.39, 0.29) is 28.3 Å². The Hall–Kier alpha value is -2.90. The zero-order valence-corrected chi connectivity index (χ0v) is 15.5. The maximum absolute atomic E-state index is 14.4. The molecule has 27 heavy (non-hydrogen) atoms. The lowest BCUT2D eigenvalue weighted by molar-refractivity contribution is -0.274. The number of rotatable bonds is 4. The zero-order chi connectivity index (χ0) is 20.6. The Kier molecular flexibility index (Phi) is 7.96. The first-order valence-electron chi connectivity index (χ1n) is 8.13. The number of hydrazone groups is 1. The molecule has 0 spiro atoms. The third-order valence-electron chi connectivity index (χ3n) is 3.29. The predicted octanol–water partition coefficient (Wildman–Crippen LogP) is 5.31. The number of ether oxygens (including phenoxy) is 1. The fourth-order valence-corrected chi connectivity index (χ4v) is 2.29. The highest BCUT2D eigenvalue weighted by molar-refractivity contribution is 6.02. The molecule has 0 aliphatic rings. The van der Waals surface area contributed by atoms with Gasteiger partial charge in [-0.05, 0) is 43.0 Å². The summed E-state index contributed by atoms with van der Waals surface area (Å²) in [5, 5.41) is 3.82. The Morgan fingerprint density at radius 3 is 2.33 bits per heavy atom. The highest BCUT2D eigenvalue weighted by atomic mass is 19.4. The summed E-state index contributed by atoms with van der Waals surface area (Å²) >= 11 is 0. The maximum atomic E-state index is 14.4. The number of alkyl halides is 3. The van der Waals surface area contributed by atoms with Gasteiger partial charge in [-0.2, -0.15) is 5.10 Å². The molecule has 0 saturated heterocycles. The van der Waals surface area contributed by atoms with E-state index < -0.39 is 12.2 Å². The van der Waals surface area contributed by atoms with E-state index in [9.17, 15) is 17.6 Å². The Morgan fingerprint density at radius 2 is 1.78 bits per heavy atom. The fourth-order valence-electron chi connectivity index (χ4n) is 2.29. The van der Waals surface area contributed by atoms with E-state index >= 15 is 0 Å². The highest BCUT2D eigenvalue weighted by Crippen LogP contribution is 2.35. The minimum absolute atomic E-state index is 0.0147. The molecule has 1 N–H and O–H groups in total. The summed E-state index contributed by atoms with van der Waals surface area (Å²) in [5.74, 6) is -0.982. The van der Waals surface area contributed by atoms with Crippen molar-refractivity contribution in [3.63, 3.8) is 0 Å². The van der Waals surface area contributed by atoms with Crippen LogP contribution in [0.15, 0.2) is 46.5 Å². The van der Waals surface area contributed by atoms with Crippen molar-refractivity contribution in [1.82, 2.24) is 5.43 Å². The summed E-state index contributed by atoms with van der Waals surface area (Å²) in [6.07, 6.45) is -4.84. The van der Waals surface area contributed by atoms with Gasteiger partial charge >= 0.3 is 6.36 Å². The quantitative estimate of drug-likeness (QED) is 0.337. The van der Waals surface area contributed by atoms with Crippen molar-refractivity contribution in [3.8, 4) is 16.9 Å². The van der Waals surface area contributed by atoms with Crippen LogP contribution < -0.4 is 10.2 Å². The van der Waals surface area contributed by atoms with Gasteiger partial charge in [0.2, 0.25) is 0 Å². The number of hydrogen-bond donors (Lipinski definition) is 1. The summed E-state index contributed by atoms with van der Waals surface area (Å²) < 4.78 is 56.3. The van der Waals surface area contributed by atoms with Crippen LogP contribution in [0.4, 0.5) is 17.6 Å². The van der Waals surface area contributed by atoms with E-state index in [1.807, 2.05) is 13.8 Å². The number of nitrogens with zero attached hydrogens (tertiary/aromatic N) is 2. The minimum atomic E-state index is -4.84. The number of nitrogens with one attached hydrogen (secondary N) is 1. The van der Waals surface area contributed by atoms with E-state index in [1.165, 1.54) is 44.3 Å². The van der Waals surface area contributed by atoms with Gasteiger partial charge in [0, 0.05) is 12.6 Å². The van der Waals surface area contributed by atoms with Gasteiger partial charge in [-0.3, -0.25) is 0 Å².